The van der Waals surface area contributed by atoms with E-state index in [1.807, 2.05) is 19.1 Å². The Morgan fingerprint density at radius 2 is 2.22 bits per heavy atom. The zero-order valence-electron chi connectivity index (χ0n) is 11.2. The van der Waals surface area contributed by atoms with Crippen molar-refractivity contribution in [3.05, 3.63) is 29.6 Å². The Balaban J connectivity index is 2.04. The number of nitrogens with zero attached hydrogens (tertiary/aromatic N) is 1. The summed E-state index contributed by atoms with van der Waals surface area (Å²) >= 11 is 0. The molecule has 1 aromatic rings. The first-order valence-corrected chi connectivity index (χ1v) is 6.55. The average Bonchev–Trinajstić information content (AvgIpc) is 2.34. The number of piperidine rings is 1. The highest BCUT2D eigenvalue weighted by molar-refractivity contribution is 5.94. The van der Waals surface area contributed by atoms with Gasteiger partial charge in [0.2, 0.25) is 0 Å². The van der Waals surface area contributed by atoms with Crippen LogP contribution in [0.4, 0.5) is 0 Å². The first-order chi connectivity index (χ1) is 8.58. The van der Waals surface area contributed by atoms with Crippen LogP contribution < -0.4 is 10.6 Å². The number of hydrogen-bond acceptors (Lipinski definition) is 3. The zero-order chi connectivity index (χ0) is 13.1. The van der Waals surface area contributed by atoms with E-state index in [2.05, 4.69) is 29.5 Å². The second kappa shape index (κ2) is 5.48. The highest BCUT2D eigenvalue weighted by Gasteiger charge is 2.28. The van der Waals surface area contributed by atoms with Gasteiger partial charge in [0.05, 0.1) is 5.56 Å². The molecule has 1 saturated heterocycles. The molecule has 2 heterocycles. The highest BCUT2D eigenvalue weighted by Crippen LogP contribution is 2.16. The first-order valence-electron chi connectivity index (χ1n) is 6.55. The Morgan fingerprint density at radius 1 is 1.44 bits per heavy atom. The Hall–Kier alpha value is -1.42. The van der Waals surface area contributed by atoms with E-state index in [1.54, 1.807) is 6.20 Å². The van der Waals surface area contributed by atoms with Crippen molar-refractivity contribution in [2.45, 2.75) is 39.3 Å². The third-order valence-electron chi connectivity index (χ3n) is 3.69. The van der Waals surface area contributed by atoms with E-state index in [0.717, 1.165) is 18.7 Å². The van der Waals surface area contributed by atoms with Crippen LogP contribution in [0.3, 0.4) is 0 Å². The molecule has 2 rings (SSSR count). The van der Waals surface area contributed by atoms with Crippen LogP contribution in [0.5, 0.6) is 0 Å². The summed E-state index contributed by atoms with van der Waals surface area (Å²) < 4.78 is 0. The standard InChI is InChI=1S/C14H21N3O/c1-9-6-7-15-11(3)13(9)17-14(18)12-5-4-10(2)16-8-12/h4-5,8-9,11,13,15H,6-7H2,1-3H3,(H,17,18). The fourth-order valence-electron chi connectivity index (χ4n) is 2.44. The van der Waals surface area contributed by atoms with Gasteiger partial charge >= 0.3 is 0 Å². The van der Waals surface area contributed by atoms with Crippen molar-refractivity contribution in [3.8, 4) is 0 Å². The minimum atomic E-state index is -0.0325. The lowest BCUT2D eigenvalue weighted by Gasteiger charge is -2.35. The Kier molecular flexibility index (Phi) is 3.97. The Morgan fingerprint density at radius 3 is 2.83 bits per heavy atom. The van der Waals surface area contributed by atoms with Gasteiger partial charge in [-0.3, -0.25) is 9.78 Å². The van der Waals surface area contributed by atoms with Gasteiger partial charge in [-0.15, -0.1) is 0 Å². The number of aryl methyl sites for hydroxylation is 1. The third-order valence-corrected chi connectivity index (χ3v) is 3.69. The predicted molar refractivity (Wildman–Crippen MR) is 71.5 cm³/mol. The number of carbonyl (C=O) groups excluding carboxylic acids is 1. The molecule has 4 nitrogen and oxygen atoms in total. The Labute approximate surface area is 108 Å². The molecule has 1 aromatic heterocycles. The molecule has 98 valence electrons. The maximum absolute atomic E-state index is 12.1. The molecule has 0 bridgehead atoms. The molecule has 1 amide bonds. The van der Waals surface area contributed by atoms with Gasteiger partial charge in [0, 0.05) is 24.0 Å². The summed E-state index contributed by atoms with van der Waals surface area (Å²) in [5.41, 5.74) is 1.55. The van der Waals surface area contributed by atoms with Gasteiger partial charge in [-0.25, -0.2) is 0 Å². The molecular weight excluding hydrogens is 226 g/mol. The number of hydrogen-bond donors (Lipinski definition) is 2. The molecule has 0 radical (unpaired) electrons. The summed E-state index contributed by atoms with van der Waals surface area (Å²) in [6, 6.07) is 4.19. The van der Waals surface area contributed by atoms with Crippen LogP contribution in [0.2, 0.25) is 0 Å². The molecule has 0 spiro atoms. The highest BCUT2D eigenvalue weighted by atomic mass is 16.1. The minimum absolute atomic E-state index is 0.0325. The quantitative estimate of drug-likeness (QED) is 0.833. The van der Waals surface area contributed by atoms with E-state index >= 15 is 0 Å². The first kappa shape index (κ1) is 13.0. The van der Waals surface area contributed by atoms with E-state index in [9.17, 15) is 4.79 Å². The van der Waals surface area contributed by atoms with Gasteiger partial charge in [-0.2, -0.15) is 0 Å². The van der Waals surface area contributed by atoms with E-state index in [-0.39, 0.29) is 11.9 Å². The molecule has 1 aliphatic rings. The zero-order valence-corrected chi connectivity index (χ0v) is 11.2. The summed E-state index contributed by atoms with van der Waals surface area (Å²) in [6.07, 6.45) is 2.73. The minimum Gasteiger partial charge on any atom is -0.347 e. The van der Waals surface area contributed by atoms with Crippen molar-refractivity contribution in [1.82, 2.24) is 15.6 Å². The SMILES string of the molecule is Cc1ccc(C(=O)NC2C(C)CCNC2C)cn1. The van der Waals surface area contributed by atoms with Crippen LogP contribution in [-0.4, -0.2) is 29.5 Å². The van der Waals surface area contributed by atoms with E-state index < -0.39 is 0 Å². The van der Waals surface area contributed by atoms with Crippen LogP contribution in [-0.2, 0) is 0 Å². The van der Waals surface area contributed by atoms with E-state index in [0.29, 0.717) is 17.5 Å². The second-order valence-corrected chi connectivity index (χ2v) is 5.20. The van der Waals surface area contributed by atoms with Crippen LogP contribution in [0.15, 0.2) is 18.3 Å². The fraction of sp³-hybridized carbons (Fsp3) is 0.571. The maximum Gasteiger partial charge on any atom is 0.253 e. The van der Waals surface area contributed by atoms with Crippen molar-refractivity contribution in [3.63, 3.8) is 0 Å². The van der Waals surface area contributed by atoms with Crippen molar-refractivity contribution < 1.29 is 4.79 Å². The smallest absolute Gasteiger partial charge is 0.253 e. The lowest BCUT2D eigenvalue weighted by Crippen LogP contribution is -2.55. The molecule has 0 aliphatic carbocycles. The van der Waals surface area contributed by atoms with Crippen molar-refractivity contribution >= 4 is 5.91 Å². The largest absolute Gasteiger partial charge is 0.347 e. The summed E-state index contributed by atoms with van der Waals surface area (Å²) in [4.78, 5) is 16.3. The fourth-order valence-corrected chi connectivity index (χ4v) is 2.44. The van der Waals surface area contributed by atoms with Gasteiger partial charge < -0.3 is 10.6 Å². The molecule has 4 heteroatoms. The molecule has 3 unspecified atom stereocenters. The summed E-state index contributed by atoms with van der Waals surface area (Å²) in [5, 5.41) is 6.51. The lowest BCUT2D eigenvalue weighted by atomic mass is 9.89. The van der Waals surface area contributed by atoms with Crippen molar-refractivity contribution in [2.24, 2.45) is 5.92 Å². The van der Waals surface area contributed by atoms with Crippen molar-refractivity contribution in [2.75, 3.05) is 6.54 Å². The monoisotopic (exact) mass is 247 g/mol. The topological polar surface area (TPSA) is 54.0 Å². The maximum atomic E-state index is 12.1. The number of rotatable bonds is 2. The molecular formula is C14H21N3O. The number of carbonyl (C=O) groups is 1. The normalized spacial score (nSPS) is 27.8. The third kappa shape index (κ3) is 2.88. The van der Waals surface area contributed by atoms with E-state index in [1.165, 1.54) is 0 Å². The number of nitrogens with one attached hydrogen (secondary N) is 2. The van der Waals surface area contributed by atoms with Crippen molar-refractivity contribution in [1.29, 1.82) is 0 Å². The number of amides is 1. The van der Waals surface area contributed by atoms with Gasteiger partial charge in [0.15, 0.2) is 0 Å². The number of pyridine rings is 1. The van der Waals surface area contributed by atoms with E-state index in [4.69, 9.17) is 0 Å². The van der Waals surface area contributed by atoms with Crippen LogP contribution >= 0.6 is 0 Å². The summed E-state index contributed by atoms with van der Waals surface area (Å²) in [7, 11) is 0. The lowest BCUT2D eigenvalue weighted by molar-refractivity contribution is 0.0897. The summed E-state index contributed by atoms with van der Waals surface area (Å²) in [6.45, 7) is 7.25. The van der Waals surface area contributed by atoms with Gasteiger partial charge in [0.25, 0.3) is 5.91 Å². The Bertz CT molecular complexity index is 406. The van der Waals surface area contributed by atoms with Gasteiger partial charge in [-0.05, 0) is 44.9 Å². The molecule has 1 fully saturated rings. The average molecular weight is 247 g/mol. The van der Waals surface area contributed by atoms with Crippen LogP contribution in [0.25, 0.3) is 0 Å². The molecule has 0 aromatic carbocycles. The number of aromatic nitrogens is 1. The molecule has 2 N–H and O–H groups in total. The summed E-state index contributed by atoms with van der Waals surface area (Å²) in [5.74, 6) is 0.471. The molecule has 0 saturated carbocycles. The van der Waals surface area contributed by atoms with Crippen LogP contribution in [0, 0.1) is 12.8 Å². The second-order valence-electron chi connectivity index (χ2n) is 5.20. The van der Waals surface area contributed by atoms with Crippen LogP contribution in [0.1, 0.15) is 36.3 Å². The molecule has 1 aliphatic heterocycles. The predicted octanol–water partition coefficient (Wildman–Crippen LogP) is 1.51. The molecule has 3 atom stereocenters. The van der Waals surface area contributed by atoms with Gasteiger partial charge in [0.1, 0.15) is 0 Å². The van der Waals surface area contributed by atoms with Gasteiger partial charge in [-0.1, -0.05) is 6.92 Å². The molecule has 18 heavy (non-hydrogen) atoms.